The van der Waals surface area contributed by atoms with E-state index in [9.17, 15) is 0 Å². The Morgan fingerprint density at radius 2 is 1.85 bits per heavy atom. The SMILES string of the molecule is COCC(=C(Br)Br)c1ccccc1. The molecule has 0 aromatic heterocycles. The average molecular weight is 306 g/mol. The van der Waals surface area contributed by atoms with Gasteiger partial charge in [-0.1, -0.05) is 30.3 Å². The number of halogens is 2. The average Bonchev–Trinajstić information content (AvgIpc) is 2.15. The van der Waals surface area contributed by atoms with Crippen molar-refractivity contribution < 1.29 is 4.74 Å². The van der Waals surface area contributed by atoms with Gasteiger partial charge in [0.2, 0.25) is 0 Å². The van der Waals surface area contributed by atoms with Crippen molar-refractivity contribution in [3.05, 3.63) is 39.3 Å². The van der Waals surface area contributed by atoms with Crippen LogP contribution in [0.15, 0.2) is 33.7 Å². The lowest BCUT2D eigenvalue weighted by molar-refractivity contribution is 0.239. The third kappa shape index (κ3) is 3.25. The summed E-state index contributed by atoms with van der Waals surface area (Å²) in [4.78, 5) is 0. The van der Waals surface area contributed by atoms with E-state index in [2.05, 4.69) is 44.0 Å². The molecule has 0 amide bonds. The van der Waals surface area contributed by atoms with Crippen LogP contribution in [0.1, 0.15) is 5.56 Å². The number of hydrogen-bond donors (Lipinski definition) is 0. The van der Waals surface area contributed by atoms with Crippen molar-refractivity contribution in [1.29, 1.82) is 0 Å². The minimum Gasteiger partial charge on any atom is -0.380 e. The number of benzene rings is 1. The van der Waals surface area contributed by atoms with Gasteiger partial charge in [0.1, 0.15) is 0 Å². The topological polar surface area (TPSA) is 9.23 Å². The van der Waals surface area contributed by atoms with Gasteiger partial charge in [-0.05, 0) is 37.4 Å². The van der Waals surface area contributed by atoms with Gasteiger partial charge in [-0.2, -0.15) is 0 Å². The van der Waals surface area contributed by atoms with Crippen LogP contribution in [0.5, 0.6) is 0 Å². The van der Waals surface area contributed by atoms with Gasteiger partial charge in [-0.15, -0.1) is 0 Å². The summed E-state index contributed by atoms with van der Waals surface area (Å²) in [6, 6.07) is 10.1. The van der Waals surface area contributed by atoms with Crippen LogP contribution in [0.25, 0.3) is 5.57 Å². The molecule has 0 N–H and O–H groups in total. The van der Waals surface area contributed by atoms with Crippen LogP contribution in [0.3, 0.4) is 0 Å². The lowest BCUT2D eigenvalue weighted by Gasteiger charge is -2.06. The molecule has 1 nitrogen and oxygen atoms in total. The predicted octanol–water partition coefficient (Wildman–Crippen LogP) is 3.79. The fraction of sp³-hybridized carbons (Fsp3) is 0.200. The predicted molar refractivity (Wildman–Crippen MR) is 63.1 cm³/mol. The first kappa shape index (κ1) is 11.0. The van der Waals surface area contributed by atoms with Gasteiger partial charge in [0.05, 0.1) is 10.00 Å². The summed E-state index contributed by atoms with van der Waals surface area (Å²) >= 11 is 6.79. The monoisotopic (exact) mass is 304 g/mol. The zero-order valence-corrected chi connectivity index (χ0v) is 10.4. The molecule has 0 aliphatic carbocycles. The fourth-order valence-electron chi connectivity index (χ4n) is 1.03. The van der Waals surface area contributed by atoms with Gasteiger partial charge < -0.3 is 4.74 Å². The summed E-state index contributed by atoms with van der Waals surface area (Å²) < 4.78 is 6.04. The van der Waals surface area contributed by atoms with Crippen LogP contribution in [-0.4, -0.2) is 13.7 Å². The Kier molecular flexibility index (Phi) is 4.70. The second kappa shape index (κ2) is 5.58. The highest BCUT2D eigenvalue weighted by atomic mass is 79.9. The summed E-state index contributed by atoms with van der Waals surface area (Å²) in [6.45, 7) is 0.593. The highest BCUT2D eigenvalue weighted by Gasteiger charge is 2.03. The van der Waals surface area contributed by atoms with E-state index in [0.717, 1.165) is 14.5 Å². The largest absolute Gasteiger partial charge is 0.380 e. The lowest BCUT2D eigenvalue weighted by atomic mass is 10.1. The third-order valence-electron chi connectivity index (χ3n) is 1.64. The molecule has 0 aliphatic heterocycles. The highest BCUT2D eigenvalue weighted by molar-refractivity contribution is 9.28. The summed E-state index contributed by atoms with van der Waals surface area (Å²) in [5.74, 6) is 0. The summed E-state index contributed by atoms with van der Waals surface area (Å²) in [7, 11) is 1.69. The normalized spacial score (nSPS) is 9.77. The van der Waals surface area contributed by atoms with Gasteiger partial charge in [0.25, 0.3) is 0 Å². The van der Waals surface area contributed by atoms with E-state index in [4.69, 9.17) is 4.74 Å². The molecule has 1 aromatic rings. The van der Waals surface area contributed by atoms with E-state index >= 15 is 0 Å². The minimum absolute atomic E-state index is 0.593. The number of rotatable bonds is 3. The Bertz CT molecular complexity index is 289. The molecule has 0 spiro atoms. The number of hydrogen-bond acceptors (Lipinski definition) is 1. The van der Waals surface area contributed by atoms with Gasteiger partial charge in [0, 0.05) is 12.7 Å². The van der Waals surface area contributed by atoms with Crippen LogP contribution in [0.4, 0.5) is 0 Å². The summed E-state index contributed by atoms with van der Waals surface area (Å²) in [6.07, 6.45) is 0. The summed E-state index contributed by atoms with van der Waals surface area (Å²) in [5.41, 5.74) is 2.27. The quantitative estimate of drug-likeness (QED) is 0.825. The zero-order valence-electron chi connectivity index (χ0n) is 7.26. The number of methoxy groups -OCH3 is 1. The van der Waals surface area contributed by atoms with Crippen LogP contribution in [0, 0.1) is 0 Å². The Hall–Kier alpha value is -0.120. The van der Waals surface area contributed by atoms with E-state index < -0.39 is 0 Å². The summed E-state index contributed by atoms with van der Waals surface area (Å²) in [5, 5.41) is 0. The second-order valence-electron chi connectivity index (χ2n) is 2.54. The van der Waals surface area contributed by atoms with Crippen molar-refractivity contribution in [3.63, 3.8) is 0 Å². The van der Waals surface area contributed by atoms with Crippen molar-refractivity contribution in [3.8, 4) is 0 Å². The van der Waals surface area contributed by atoms with Gasteiger partial charge in [-0.25, -0.2) is 0 Å². The third-order valence-corrected chi connectivity index (χ3v) is 2.60. The standard InChI is InChI=1S/C10H10Br2O/c1-13-7-9(10(11)12)8-5-3-2-4-6-8/h2-6H,7H2,1H3. The Balaban J connectivity index is 2.97. The van der Waals surface area contributed by atoms with Crippen molar-refractivity contribution in [1.82, 2.24) is 0 Å². The Morgan fingerprint density at radius 1 is 1.23 bits per heavy atom. The van der Waals surface area contributed by atoms with Gasteiger partial charge >= 0.3 is 0 Å². The molecule has 13 heavy (non-hydrogen) atoms. The van der Waals surface area contributed by atoms with Crippen molar-refractivity contribution in [2.75, 3.05) is 13.7 Å². The second-order valence-corrected chi connectivity index (χ2v) is 5.19. The molecule has 0 aliphatic rings. The van der Waals surface area contributed by atoms with Crippen molar-refractivity contribution >= 4 is 37.4 Å². The maximum absolute atomic E-state index is 5.10. The van der Waals surface area contributed by atoms with E-state index in [-0.39, 0.29) is 0 Å². The van der Waals surface area contributed by atoms with E-state index in [0.29, 0.717) is 6.61 Å². The molecule has 1 aromatic carbocycles. The fourth-order valence-corrected chi connectivity index (χ4v) is 1.72. The first-order chi connectivity index (χ1) is 6.25. The molecule has 0 radical (unpaired) electrons. The highest BCUT2D eigenvalue weighted by Crippen LogP contribution is 2.27. The molecule has 0 saturated heterocycles. The maximum Gasteiger partial charge on any atom is 0.0735 e. The molecule has 0 atom stereocenters. The van der Waals surface area contributed by atoms with Crippen molar-refractivity contribution in [2.24, 2.45) is 0 Å². The zero-order chi connectivity index (χ0) is 9.68. The molecule has 0 heterocycles. The van der Waals surface area contributed by atoms with Crippen LogP contribution >= 0.6 is 31.9 Å². The van der Waals surface area contributed by atoms with Gasteiger partial charge in [-0.3, -0.25) is 0 Å². The number of ether oxygens (including phenoxy) is 1. The Labute approximate surface area is 95.1 Å². The molecule has 0 bridgehead atoms. The van der Waals surface area contributed by atoms with Crippen LogP contribution in [0.2, 0.25) is 0 Å². The van der Waals surface area contributed by atoms with Crippen LogP contribution < -0.4 is 0 Å². The van der Waals surface area contributed by atoms with Crippen molar-refractivity contribution in [2.45, 2.75) is 0 Å². The maximum atomic E-state index is 5.10. The smallest absolute Gasteiger partial charge is 0.0735 e. The molecule has 0 fully saturated rings. The molecular weight excluding hydrogens is 296 g/mol. The molecule has 0 saturated carbocycles. The molecule has 0 unspecified atom stereocenters. The van der Waals surface area contributed by atoms with E-state index in [1.54, 1.807) is 7.11 Å². The molecule has 70 valence electrons. The van der Waals surface area contributed by atoms with Crippen LogP contribution in [-0.2, 0) is 4.74 Å². The van der Waals surface area contributed by atoms with Gasteiger partial charge in [0.15, 0.2) is 0 Å². The molecule has 1 rings (SSSR count). The Morgan fingerprint density at radius 3 is 2.31 bits per heavy atom. The first-order valence-electron chi connectivity index (χ1n) is 3.84. The molecular formula is C10H10Br2O. The lowest BCUT2D eigenvalue weighted by Crippen LogP contribution is -1.94. The van der Waals surface area contributed by atoms with E-state index in [1.807, 2.05) is 18.2 Å². The molecule has 3 heteroatoms. The van der Waals surface area contributed by atoms with E-state index in [1.165, 1.54) is 0 Å². The minimum atomic E-state index is 0.593. The first-order valence-corrected chi connectivity index (χ1v) is 5.43.